The second kappa shape index (κ2) is 26.7. The minimum atomic E-state index is 0.613. The van der Waals surface area contributed by atoms with E-state index in [9.17, 15) is 0 Å². The highest BCUT2D eigenvalue weighted by atomic mass is 15.4. The van der Waals surface area contributed by atoms with Crippen molar-refractivity contribution in [1.29, 1.82) is 0 Å². The van der Waals surface area contributed by atoms with Crippen molar-refractivity contribution in [2.45, 2.75) is 368 Å². The molecule has 0 aromatic rings. The van der Waals surface area contributed by atoms with Gasteiger partial charge in [0.05, 0.1) is 24.7 Å². The topological polar surface area (TPSA) is 61.1 Å². The first-order valence-electron chi connectivity index (χ1n) is 39.8. The van der Waals surface area contributed by atoms with Crippen LogP contribution in [0.15, 0.2) is 0 Å². The van der Waals surface area contributed by atoms with Gasteiger partial charge in [0.1, 0.15) is 0 Å². The SMILES string of the molecule is C1CCC(N(C2CC(N(C3CCCCC3)C3NCCC4CCCCC43)C3CCC4C5C(CCC2C35)C(N(C2CCCCC2)C2NCCC3CCCCC32)CC4N(C2CCCCC2)C2NCCC3CCCCC32)C2NCCC3CCCCC32)CC1. The van der Waals surface area contributed by atoms with Crippen LogP contribution < -0.4 is 21.3 Å². The van der Waals surface area contributed by atoms with E-state index in [2.05, 4.69) is 40.9 Å². The van der Waals surface area contributed by atoms with Crippen LogP contribution in [-0.4, -0.2) is 119 Å². The van der Waals surface area contributed by atoms with E-state index >= 15 is 0 Å². The van der Waals surface area contributed by atoms with Crippen molar-refractivity contribution in [3.05, 3.63) is 0 Å². The summed E-state index contributed by atoms with van der Waals surface area (Å²) in [6.07, 6.45) is 71.2. The average Bonchev–Trinajstić information content (AvgIpc) is 1.18. The van der Waals surface area contributed by atoms with Gasteiger partial charge in [0.25, 0.3) is 0 Å². The molecule has 4 aliphatic heterocycles. The molecule has 0 bridgehead atoms. The molecule has 16 fully saturated rings. The fourth-order valence-electron chi connectivity index (χ4n) is 27.6. The molecule has 4 heterocycles. The molecule has 20 atom stereocenters. The molecule has 20 unspecified atom stereocenters. The summed E-state index contributed by atoms with van der Waals surface area (Å²) < 4.78 is 0. The second-order valence-corrected chi connectivity index (χ2v) is 34.2. The van der Waals surface area contributed by atoms with Gasteiger partial charge in [0.15, 0.2) is 0 Å². The van der Waals surface area contributed by atoms with Crippen molar-refractivity contribution in [1.82, 2.24) is 40.9 Å². The van der Waals surface area contributed by atoms with E-state index in [1.165, 1.54) is 296 Å². The van der Waals surface area contributed by atoms with Crippen LogP contribution in [0.4, 0.5) is 0 Å². The summed E-state index contributed by atoms with van der Waals surface area (Å²) in [5, 5.41) is 18.5. The van der Waals surface area contributed by atoms with Crippen molar-refractivity contribution >= 4 is 0 Å². The zero-order valence-corrected chi connectivity index (χ0v) is 54.2. The summed E-state index contributed by atoms with van der Waals surface area (Å²) >= 11 is 0. The minimum Gasteiger partial charge on any atom is -0.301 e. The second-order valence-electron chi connectivity index (χ2n) is 34.2. The highest BCUT2D eigenvalue weighted by Gasteiger charge is 2.66. The van der Waals surface area contributed by atoms with E-state index < -0.39 is 0 Å². The summed E-state index contributed by atoms with van der Waals surface area (Å²) in [4.78, 5) is 14.3. The Balaban J connectivity index is 0.867. The first-order chi connectivity index (χ1) is 41.7. The lowest BCUT2D eigenvalue weighted by molar-refractivity contribution is -0.207. The molecule has 474 valence electrons. The average molecular weight is 1160 g/mol. The molecule has 12 saturated carbocycles. The molecule has 0 amide bonds. The summed E-state index contributed by atoms with van der Waals surface area (Å²) in [6, 6.07) is 6.09. The van der Waals surface area contributed by atoms with Gasteiger partial charge in [-0.15, -0.1) is 0 Å². The quantitative estimate of drug-likeness (QED) is 0.154. The van der Waals surface area contributed by atoms with Crippen molar-refractivity contribution in [2.75, 3.05) is 26.2 Å². The molecule has 0 spiro atoms. The Morgan fingerprint density at radius 2 is 0.405 bits per heavy atom. The Morgan fingerprint density at radius 1 is 0.190 bits per heavy atom. The third kappa shape index (κ3) is 11.2. The Hall–Kier alpha value is -0.320. The van der Waals surface area contributed by atoms with Gasteiger partial charge in [0.2, 0.25) is 0 Å². The van der Waals surface area contributed by atoms with Gasteiger partial charge in [-0.3, -0.25) is 19.6 Å². The number of piperidine rings is 4. The van der Waals surface area contributed by atoms with E-state index in [1.54, 1.807) is 25.7 Å². The Kier molecular flexibility index (Phi) is 18.7. The van der Waals surface area contributed by atoms with Gasteiger partial charge in [-0.1, -0.05) is 154 Å². The van der Waals surface area contributed by atoms with Crippen LogP contribution in [0, 0.1) is 82.9 Å². The third-order valence-corrected chi connectivity index (χ3v) is 30.8. The molecule has 16 rings (SSSR count). The minimum absolute atomic E-state index is 0.613. The molecule has 0 radical (unpaired) electrons. The molecule has 4 saturated heterocycles. The summed E-state index contributed by atoms with van der Waals surface area (Å²) in [5.41, 5.74) is 0. The van der Waals surface area contributed by atoms with Gasteiger partial charge in [-0.25, -0.2) is 0 Å². The predicted octanol–water partition coefficient (Wildman–Crippen LogP) is 15.6. The molecule has 0 aromatic carbocycles. The van der Waals surface area contributed by atoms with Gasteiger partial charge in [-0.2, -0.15) is 0 Å². The van der Waals surface area contributed by atoms with Gasteiger partial charge < -0.3 is 21.3 Å². The van der Waals surface area contributed by atoms with Crippen LogP contribution in [0.25, 0.3) is 0 Å². The van der Waals surface area contributed by atoms with E-state index in [1.807, 2.05) is 0 Å². The fourth-order valence-corrected chi connectivity index (χ4v) is 27.6. The number of hydrogen-bond donors (Lipinski definition) is 4. The Bertz CT molecular complexity index is 1790. The Labute approximate surface area is 515 Å². The molecular formula is C76H130N8. The van der Waals surface area contributed by atoms with E-state index in [4.69, 9.17) is 0 Å². The number of nitrogens with zero attached hydrogens (tertiary/aromatic N) is 4. The fraction of sp³-hybridized carbons (Fsp3) is 1.00. The first kappa shape index (κ1) is 58.7. The molecule has 12 aliphatic carbocycles. The van der Waals surface area contributed by atoms with E-state index in [0.717, 1.165) is 131 Å². The zero-order chi connectivity index (χ0) is 55.5. The van der Waals surface area contributed by atoms with E-state index in [-0.39, 0.29) is 0 Å². The Morgan fingerprint density at radius 3 is 0.643 bits per heavy atom. The summed E-state index contributed by atoms with van der Waals surface area (Å²) in [6.45, 7) is 5.12. The van der Waals surface area contributed by atoms with Crippen LogP contribution in [0.2, 0.25) is 0 Å². The van der Waals surface area contributed by atoms with Gasteiger partial charge in [-0.05, 0) is 250 Å². The third-order valence-electron chi connectivity index (χ3n) is 30.8. The lowest BCUT2D eigenvalue weighted by Gasteiger charge is -2.70. The first-order valence-corrected chi connectivity index (χ1v) is 39.8. The highest BCUT2D eigenvalue weighted by Crippen LogP contribution is 2.65. The molecule has 0 aromatic heterocycles. The van der Waals surface area contributed by atoms with Crippen molar-refractivity contribution in [3.63, 3.8) is 0 Å². The molecule has 8 nitrogen and oxygen atoms in total. The monoisotopic (exact) mass is 1160 g/mol. The van der Waals surface area contributed by atoms with Crippen LogP contribution in [-0.2, 0) is 0 Å². The maximum atomic E-state index is 4.61. The highest BCUT2D eigenvalue weighted by molar-refractivity contribution is 5.18. The summed E-state index contributed by atoms with van der Waals surface area (Å²) in [7, 11) is 0. The molecule has 8 heteroatoms. The molecular weight excluding hydrogens is 1020 g/mol. The van der Waals surface area contributed by atoms with Crippen molar-refractivity contribution < 1.29 is 0 Å². The number of nitrogens with one attached hydrogen (secondary N) is 4. The number of rotatable bonds is 12. The van der Waals surface area contributed by atoms with Crippen LogP contribution in [0.1, 0.15) is 295 Å². The molecule has 4 N–H and O–H groups in total. The van der Waals surface area contributed by atoms with E-state index in [0.29, 0.717) is 24.7 Å². The lowest BCUT2D eigenvalue weighted by Crippen LogP contribution is -2.75. The van der Waals surface area contributed by atoms with Crippen LogP contribution >= 0.6 is 0 Å². The maximum Gasteiger partial charge on any atom is 0.0633 e. The normalized spacial score (nSPS) is 47.6. The van der Waals surface area contributed by atoms with Crippen molar-refractivity contribution in [3.8, 4) is 0 Å². The predicted molar refractivity (Wildman–Crippen MR) is 346 cm³/mol. The van der Waals surface area contributed by atoms with Crippen molar-refractivity contribution in [2.24, 2.45) is 82.9 Å². The zero-order valence-electron chi connectivity index (χ0n) is 54.2. The van der Waals surface area contributed by atoms with Gasteiger partial charge in [0, 0.05) is 48.3 Å². The van der Waals surface area contributed by atoms with Crippen LogP contribution in [0.5, 0.6) is 0 Å². The molecule has 16 aliphatic rings. The standard InChI is InChI=1S/C76H130N8/c1-5-25-55(26-6-1)81(73-59-33-17-13-21-51(59)41-45-77-73)67-49-68(82(56-27-7-2-8-28-56)74-60-34-18-14-22-52(60)42-46-78-74)64-39-40-66-70(84(58-31-11-4-12-32-58)76-62-36-20-16-24-54(62)44-48-80-76)50-69(65-38-37-63(67)71(64)72(65)66)83(57-29-9-3-10-30-57)75-61-35-19-15-23-53(61)43-47-79-75/h51-80H,1-50H2. The lowest BCUT2D eigenvalue weighted by atomic mass is 9.44. The largest absolute Gasteiger partial charge is 0.301 e. The molecule has 84 heavy (non-hydrogen) atoms. The summed E-state index contributed by atoms with van der Waals surface area (Å²) in [5.74, 6) is 12.5. The van der Waals surface area contributed by atoms with Gasteiger partial charge >= 0.3 is 0 Å². The smallest absolute Gasteiger partial charge is 0.0633 e. The number of fused-ring (bicyclic) bond motifs is 4. The number of hydrogen-bond acceptors (Lipinski definition) is 8. The van der Waals surface area contributed by atoms with Crippen LogP contribution in [0.3, 0.4) is 0 Å². The maximum absolute atomic E-state index is 4.61.